The van der Waals surface area contributed by atoms with Gasteiger partial charge < -0.3 is 5.32 Å². The molecule has 1 N–H and O–H groups in total. The highest BCUT2D eigenvalue weighted by Gasteiger charge is 2.09. The molecule has 1 aromatic carbocycles. The van der Waals surface area contributed by atoms with Gasteiger partial charge in [-0.3, -0.25) is 4.68 Å². The summed E-state index contributed by atoms with van der Waals surface area (Å²) in [7, 11) is 1.93. The van der Waals surface area contributed by atoms with E-state index in [2.05, 4.69) is 48.5 Å². The van der Waals surface area contributed by atoms with Crippen LogP contribution in [-0.4, -0.2) is 9.78 Å². The molecule has 0 fully saturated rings. The smallest absolute Gasteiger partial charge is 0.0731 e. The maximum atomic E-state index is 4.18. The lowest BCUT2D eigenvalue weighted by Crippen LogP contribution is -2.09. The summed E-state index contributed by atoms with van der Waals surface area (Å²) in [5.74, 6) is 0. The first-order valence-corrected chi connectivity index (χ1v) is 6.57. The number of benzene rings is 1. The van der Waals surface area contributed by atoms with E-state index in [-0.39, 0.29) is 0 Å². The van der Waals surface area contributed by atoms with E-state index in [4.69, 9.17) is 0 Å². The SMILES string of the molecule is CCc1ccc(C(CC)Nc2cnn(C)c2)cc1. The Labute approximate surface area is 109 Å². The van der Waals surface area contributed by atoms with Gasteiger partial charge >= 0.3 is 0 Å². The number of nitrogens with one attached hydrogen (secondary N) is 1. The van der Waals surface area contributed by atoms with E-state index in [1.807, 2.05) is 24.1 Å². The minimum atomic E-state index is 0.347. The zero-order chi connectivity index (χ0) is 13.0. The van der Waals surface area contributed by atoms with Gasteiger partial charge in [-0.05, 0) is 24.0 Å². The molecule has 0 aliphatic rings. The van der Waals surface area contributed by atoms with E-state index < -0.39 is 0 Å². The number of aryl methyl sites for hydroxylation is 2. The number of nitrogens with zero attached hydrogens (tertiary/aromatic N) is 2. The van der Waals surface area contributed by atoms with Crippen molar-refractivity contribution in [1.29, 1.82) is 0 Å². The second-order valence-electron chi connectivity index (χ2n) is 4.60. The van der Waals surface area contributed by atoms with Crippen LogP contribution >= 0.6 is 0 Å². The third-order valence-electron chi connectivity index (χ3n) is 3.24. The third kappa shape index (κ3) is 2.92. The highest BCUT2D eigenvalue weighted by Crippen LogP contribution is 2.22. The molecular weight excluding hydrogens is 222 g/mol. The number of hydrogen-bond acceptors (Lipinski definition) is 2. The van der Waals surface area contributed by atoms with Crippen LogP contribution in [0.15, 0.2) is 36.7 Å². The van der Waals surface area contributed by atoms with Crippen LogP contribution in [0.3, 0.4) is 0 Å². The normalized spacial score (nSPS) is 12.4. The summed E-state index contributed by atoms with van der Waals surface area (Å²) in [6.07, 6.45) is 6.01. The Morgan fingerprint density at radius 2 is 1.94 bits per heavy atom. The first kappa shape index (κ1) is 12.7. The average molecular weight is 243 g/mol. The van der Waals surface area contributed by atoms with Crippen molar-refractivity contribution in [2.45, 2.75) is 32.7 Å². The minimum Gasteiger partial charge on any atom is -0.376 e. The molecule has 3 nitrogen and oxygen atoms in total. The van der Waals surface area contributed by atoms with Gasteiger partial charge in [0.05, 0.1) is 17.9 Å². The summed E-state index contributed by atoms with van der Waals surface area (Å²) >= 11 is 0. The van der Waals surface area contributed by atoms with Gasteiger partial charge in [0.1, 0.15) is 0 Å². The zero-order valence-corrected chi connectivity index (χ0v) is 11.4. The Bertz CT molecular complexity index is 485. The van der Waals surface area contributed by atoms with E-state index in [1.165, 1.54) is 11.1 Å². The molecule has 0 aliphatic carbocycles. The van der Waals surface area contributed by atoms with Crippen LogP contribution in [-0.2, 0) is 13.5 Å². The van der Waals surface area contributed by atoms with Crippen LogP contribution in [0.2, 0.25) is 0 Å². The van der Waals surface area contributed by atoms with Crippen molar-refractivity contribution in [1.82, 2.24) is 9.78 Å². The van der Waals surface area contributed by atoms with E-state index in [1.54, 1.807) is 0 Å². The van der Waals surface area contributed by atoms with Gasteiger partial charge in [-0.15, -0.1) is 0 Å². The molecule has 3 heteroatoms. The number of rotatable bonds is 5. The lowest BCUT2D eigenvalue weighted by atomic mass is 10.0. The lowest BCUT2D eigenvalue weighted by molar-refractivity contribution is 0.747. The van der Waals surface area contributed by atoms with E-state index in [0.717, 1.165) is 18.5 Å². The van der Waals surface area contributed by atoms with Gasteiger partial charge in [0.2, 0.25) is 0 Å². The zero-order valence-electron chi connectivity index (χ0n) is 11.4. The Morgan fingerprint density at radius 3 is 2.44 bits per heavy atom. The predicted molar refractivity (Wildman–Crippen MR) is 75.7 cm³/mol. The van der Waals surface area contributed by atoms with Crippen molar-refractivity contribution in [2.75, 3.05) is 5.32 Å². The minimum absolute atomic E-state index is 0.347. The van der Waals surface area contributed by atoms with E-state index in [9.17, 15) is 0 Å². The van der Waals surface area contributed by atoms with Gasteiger partial charge in [-0.2, -0.15) is 5.10 Å². The molecule has 0 radical (unpaired) electrons. The van der Waals surface area contributed by atoms with E-state index >= 15 is 0 Å². The molecule has 1 unspecified atom stereocenters. The predicted octanol–water partition coefficient (Wildman–Crippen LogP) is 3.55. The Kier molecular flexibility index (Phi) is 4.03. The average Bonchev–Trinajstić information content (AvgIpc) is 2.82. The fourth-order valence-corrected chi connectivity index (χ4v) is 2.10. The third-order valence-corrected chi connectivity index (χ3v) is 3.24. The van der Waals surface area contributed by atoms with Gasteiger partial charge in [-0.25, -0.2) is 0 Å². The summed E-state index contributed by atoms with van der Waals surface area (Å²) in [5.41, 5.74) is 3.79. The Hall–Kier alpha value is -1.77. The van der Waals surface area contributed by atoms with Gasteiger partial charge in [-0.1, -0.05) is 38.1 Å². The highest BCUT2D eigenvalue weighted by molar-refractivity contribution is 5.42. The summed E-state index contributed by atoms with van der Waals surface area (Å²) in [6, 6.07) is 9.21. The number of anilines is 1. The molecule has 2 rings (SSSR count). The summed E-state index contributed by atoms with van der Waals surface area (Å²) < 4.78 is 1.81. The quantitative estimate of drug-likeness (QED) is 0.870. The Balaban J connectivity index is 2.12. The molecule has 0 saturated carbocycles. The standard InChI is InChI=1S/C15H21N3/c1-4-12-6-8-13(9-7-12)15(5-2)17-14-10-16-18(3)11-14/h6-11,15,17H,4-5H2,1-3H3. The molecule has 1 atom stereocenters. The van der Waals surface area contributed by atoms with Gasteiger partial charge in [0, 0.05) is 13.2 Å². The molecule has 0 saturated heterocycles. The Morgan fingerprint density at radius 1 is 1.22 bits per heavy atom. The molecule has 18 heavy (non-hydrogen) atoms. The second-order valence-corrected chi connectivity index (χ2v) is 4.60. The molecule has 0 aliphatic heterocycles. The molecule has 0 bridgehead atoms. The summed E-state index contributed by atoms with van der Waals surface area (Å²) in [5, 5.41) is 7.70. The number of aromatic nitrogens is 2. The fourth-order valence-electron chi connectivity index (χ4n) is 2.10. The topological polar surface area (TPSA) is 29.9 Å². The van der Waals surface area contributed by atoms with Crippen LogP contribution in [0.1, 0.15) is 37.4 Å². The monoisotopic (exact) mass is 243 g/mol. The van der Waals surface area contributed by atoms with Crippen LogP contribution < -0.4 is 5.32 Å². The maximum Gasteiger partial charge on any atom is 0.0731 e. The maximum absolute atomic E-state index is 4.18. The molecular formula is C15H21N3. The second kappa shape index (κ2) is 5.71. The van der Waals surface area contributed by atoms with Crippen molar-refractivity contribution >= 4 is 5.69 Å². The van der Waals surface area contributed by atoms with Crippen LogP contribution in [0, 0.1) is 0 Å². The van der Waals surface area contributed by atoms with Crippen molar-refractivity contribution in [3.63, 3.8) is 0 Å². The molecule has 2 aromatic rings. The first-order valence-electron chi connectivity index (χ1n) is 6.57. The summed E-state index contributed by atoms with van der Waals surface area (Å²) in [4.78, 5) is 0. The molecule has 96 valence electrons. The molecule has 0 spiro atoms. The van der Waals surface area contributed by atoms with Crippen LogP contribution in [0.5, 0.6) is 0 Å². The van der Waals surface area contributed by atoms with E-state index in [0.29, 0.717) is 6.04 Å². The molecule has 1 aromatic heterocycles. The largest absolute Gasteiger partial charge is 0.376 e. The highest BCUT2D eigenvalue weighted by atomic mass is 15.3. The van der Waals surface area contributed by atoms with Crippen molar-refractivity contribution in [3.05, 3.63) is 47.8 Å². The number of hydrogen-bond donors (Lipinski definition) is 1. The molecule has 0 amide bonds. The summed E-state index contributed by atoms with van der Waals surface area (Å²) in [6.45, 7) is 4.38. The molecule has 1 heterocycles. The van der Waals surface area contributed by atoms with Crippen molar-refractivity contribution in [3.8, 4) is 0 Å². The van der Waals surface area contributed by atoms with Gasteiger partial charge in [0.25, 0.3) is 0 Å². The van der Waals surface area contributed by atoms with Crippen molar-refractivity contribution < 1.29 is 0 Å². The van der Waals surface area contributed by atoms with Crippen LogP contribution in [0.25, 0.3) is 0 Å². The van der Waals surface area contributed by atoms with Gasteiger partial charge in [0.15, 0.2) is 0 Å². The fraction of sp³-hybridized carbons (Fsp3) is 0.400. The van der Waals surface area contributed by atoms with Crippen molar-refractivity contribution in [2.24, 2.45) is 7.05 Å². The first-order chi connectivity index (χ1) is 8.72. The van der Waals surface area contributed by atoms with Crippen LogP contribution in [0.4, 0.5) is 5.69 Å². The lowest BCUT2D eigenvalue weighted by Gasteiger charge is -2.17.